The van der Waals surface area contributed by atoms with E-state index in [0.29, 0.717) is 12.4 Å². The Balaban J connectivity index is 2.38. The highest BCUT2D eigenvalue weighted by Crippen LogP contribution is 2.15. The molecule has 0 fully saturated rings. The van der Waals surface area contributed by atoms with Crippen molar-refractivity contribution in [1.82, 2.24) is 5.32 Å². The molecule has 1 aromatic carbocycles. The van der Waals surface area contributed by atoms with E-state index in [-0.39, 0.29) is 5.56 Å². The Morgan fingerprint density at radius 2 is 2.25 bits per heavy atom. The zero-order valence-corrected chi connectivity index (χ0v) is 9.29. The fraction of sp³-hybridized carbons (Fsp3) is 0.417. The van der Waals surface area contributed by atoms with Gasteiger partial charge >= 0.3 is 0 Å². The second-order valence-electron chi connectivity index (χ2n) is 3.35. The van der Waals surface area contributed by atoms with E-state index in [1.165, 1.54) is 12.1 Å². The van der Waals surface area contributed by atoms with Crippen LogP contribution in [0.3, 0.4) is 0 Å². The van der Waals surface area contributed by atoms with Crippen molar-refractivity contribution in [2.24, 2.45) is 0 Å². The Morgan fingerprint density at radius 1 is 1.44 bits per heavy atom. The third-order valence-electron chi connectivity index (χ3n) is 2.04. The van der Waals surface area contributed by atoms with Crippen LogP contribution in [0.15, 0.2) is 18.2 Å². The van der Waals surface area contributed by atoms with Crippen LogP contribution in [0.1, 0.15) is 18.9 Å². The fourth-order valence-corrected chi connectivity index (χ4v) is 1.22. The number of benzene rings is 1. The number of rotatable bonds is 6. The molecule has 0 aliphatic carbocycles. The van der Waals surface area contributed by atoms with Crippen LogP contribution in [0.5, 0.6) is 5.75 Å². The lowest BCUT2D eigenvalue weighted by atomic mass is 10.2. The minimum Gasteiger partial charge on any atom is -0.492 e. The lowest BCUT2D eigenvalue weighted by molar-refractivity contribution is 0.312. The standard InChI is InChI=1S/C12H15FN2O/c1-2-5-15-6-7-16-11-4-3-10(9-14)12(13)8-11/h3-4,8,15H,2,5-7H2,1H3. The summed E-state index contributed by atoms with van der Waals surface area (Å²) in [5.74, 6) is -0.0867. The molecule has 16 heavy (non-hydrogen) atoms. The number of hydrogen-bond donors (Lipinski definition) is 1. The number of nitriles is 1. The van der Waals surface area contributed by atoms with E-state index in [1.54, 1.807) is 12.1 Å². The number of ether oxygens (including phenoxy) is 1. The molecule has 0 saturated carbocycles. The summed E-state index contributed by atoms with van der Waals surface area (Å²) in [4.78, 5) is 0. The topological polar surface area (TPSA) is 45.0 Å². The van der Waals surface area contributed by atoms with Crippen LogP contribution in [0, 0.1) is 17.1 Å². The van der Waals surface area contributed by atoms with Crippen molar-refractivity contribution in [2.45, 2.75) is 13.3 Å². The van der Waals surface area contributed by atoms with Gasteiger partial charge in [-0.1, -0.05) is 6.92 Å². The summed E-state index contributed by atoms with van der Waals surface area (Å²) in [6.45, 7) is 4.26. The number of nitrogens with one attached hydrogen (secondary N) is 1. The van der Waals surface area contributed by atoms with Gasteiger partial charge in [0.05, 0.1) is 5.56 Å². The molecule has 0 aliphatic rings. The Labute approximate surface area is 94.8 Å². The van der Waals surface area contributed by atoms with Crippen molar-refractivity contribution in [3.63, 3.8) is 0 Å². The van der Waals surface area contributed by atoms with Crippen LogP contribution < -0.4 is 10.1 Å². The van der Waals surface area contributed by atoms with Gasteiger partial charge in [0.15, 0.2) is 0 Å². The molecule has 0 amide bonds. The molecule has 4 heteroatoms. The molecule has 1 N–H and O–H groups in total. The Bertz CT molecular complexity index is 374. The minimum atomic E-state index is -0.540. The second kappa shape index (κ2) is 6.81. The first kappa shape index (κ1) is 12.5. The summed E-state index contributed by atoms with van der Waals surface area (Å²) >= 11 is 0. The van der Waals surface area contributed by atoms with Crippen molar-refractivity contribution in [1.29, 1.82) is 5.26 Å². The predicted octanol–water partition coefficient (Wildman–Crippen LogP) is 2.08. The van der Waals surface area contributed by atoms with Gasteiger partial charge in [-0.3, -0.25) is 0 Å². The van der Waals surface area contributed by atoms with Crippen LogP contribution in [-0.4, -0.2) is 19.7 Å². The van der Waals surface area contributed by atoms with Gasteiger partial charge in [-0.2, -0.15) is 5.26 Å². The van der Waals surface area contributed by atoms with Gasteiger partial charge in [0, 0.05) is 12.6 Å². The molecule has 0 radical (unpaired) electrons. The van der Waals surface area contributed by atoms with Gasteiger partial charge in [-0.05, 0) is 25.1 Å². The quantitative estimate of drug-likeness (QED) is 0.749. The number of hydrogen-bond acceptors (Lipinski definition) is 3. The first-order valence-corrected chi connectivity index (χ1v) is 5.31. The van der Waals surface area contributed by atoms with E-state index in [9.17, 15) is 4.39 Å². The lowest BCUT2D eigenvalue weighted by Crippen LogP contribution is -2.21. The molecule has 0 saturated heterocycles. The molecule has 0 bridgehead atoms. The van der Waals surface area contributed by atoms with E-state index in [4.69, 9.17) is 10.00 Å². The zero-order valence-electron chi connectivity index (χ0n) is 9.29. The molecular formula is C12H15FN2O. The summed E-state index contributed by atoms with van der Waals surface area (Å²) in [5.41, 5.74) is 0.0384. The SMILES string of the molecule is CCCNCCOc1ccc(C#N)c(F)c1. The molecule has 3 nitrogen and oxygen atoms in total. The zero-order chi connectivity index (χ0) is 11.8. The fourth-order valence-electron chi connectivity index (χ4n) is 1.22. The largest absolute Gasteiger partial charge is 0.492 e. The molecule has 1 rings (SSSR count). The van der Waals surface area contributed by atoms with E-state index in [2.05, 4.69) is 12.2 Å². The van der Waals surface area contributed by atoms with Crippen LogP contribution in [0.2, 0.25) is 0 Å². The summed E-state index contributed by atoms with van der Waals surface area (Å²) < 4.78 is 18.5. The van der Waals surface area contributed by atoms with Crippen LogP contribution in [-0.2, 0) is 0 Å². The van der Waals surface area contributed by atoms with Crippen LogP contribution in [0.25, 0.3) is 0 Å². The van der Waals surface area contributed by atoms with Crippen molar-refractivity contribution < 1.29 is 9.13 Å². The first-order valence-electron chi connectivity index (χ1n) is 5.31. The molecule has 0 atom stereocenters. The molecular weight excluding hydrogens is 207 g/mol. The summed E-state index contributed by atoms with van der Waals surface area (Å²) in [6, 6.07) is 6.02. The summed E-state index contributed by atoms with van der Waals surface area (Å²) in [5, 5.41) is 11.7. The van der Waals surface area contributed by atoms with Gasteiger partial charge < -0.3 is 10.1 Å². The highest BCUT2D eigenvalue weighted by molar-refractivity contribution is 5.36. The monoisotopic (exact) mass is 222 g/mol. The predicted molar refractivity (Wildman–Crippen MR) is 59.8 cm³/mol. The molecule has 86 valence electrons. The first-order chi connectivity index (χ1) is 7.77. The molecule has 0 aliphatic heterocycles. The van der Waals surface area contributed by atoms with E-state index < -0.39 is 5.82 Å². The summed E-state index contributed by atoms with van der Waals surface area (Å²) in [7, 11) is 0. The average molecular weight is 222 g/mol. The van der Waals surface area contributed by atoms with E-state index in [0.717, 1.165) is 19.5 Å². The van der Waals surface area contributed by atoms with Crippen molar-refractivity contribution in [2.75, 3.05) is 19.7 Å². The summed E-state index contributed by atoms with van der Waals surface area (Å²) in [6.07, 6.45) is 1.07. The van der Waals surface area contributed by atoms with Gasteiger partial charge in [-0.25, -0.2) is 4.39 Å². The minimum absolute atomic E-state index is 0.0384. The molecule has 0 unspecified atom stereocenters. The van der Waals surface area contributed by atoms with Gasteiger partial charge in [0.25, 0.3) is 0 Å². The van der Waals surface area contributed by atoms with Crippen molar-refractivity contribution in [3.05, 3.63) is 29.6 Å². The van der Waals surface area contributed by atoms with Gasteiger partial charge in [0.2, 0.25) is 0 Å². The van der Waals surface area contributed by atoms with E-state index >= 15 is 0 Å². The number of nitrogens with zero attached hydrogens (tertiary/aromatic N) is 1. The van der Waals surface area contributed by atoms with Crippen molar-refractivity contribution >= 4 is 0 Å². The second-order valence-corrected chi connectivity index (χ2v) is 3.35. The highest BCUT2D eigenvalue weighted by atomic mass is 19.1. The van der Waals surface area contributed by atoms with Gasteiger partial charge in [-0.15, -0.1) is 0 Å². The van der Waals surface area contributed by atoms with Gasteiger partial charge in [0.1, 0.15) is 24.2 Å². The molecule has 0 spiro atoms. The average Bonchev–Trinajstić information content (AvgIpc) is 2.29. The Kier molecular flexibility index (Phi) is 5.30. The Hall–Kier alpha value is -1.60. The van der Waals surface area contributed by atoms with Crippen LogP contribution >= 0.6 is 0 Å². The third kappa shape index (κ3) is 3.87. The molecule has 1 aromatic rings. The maximum atomic E-state index is 13.2. The molecule has 0 heterocycles. The van der Waals surface area contributed by atoms with Crippen molar-refractivity contribution in [3.8, 4) is 11.8 Å². The lowest BCUT2D eigenvalue weighted by Gasteiger charge is -2.07. The maximum Gasteiger partial charge on any atom is 0.144 e. The Morgan fingerprint density at radius 3 is 2.88 bits per heavy atom. The molecule has 0 aromatic heterocycles. The van der Waals surface area contributed by atoms with Crippen LogP contribution in [0.4, 0.5) is 4.39 Å². The third-order valence-corrected chi connectivity index (χ3v) is 2.04. The van der Waals surface area contributed by atoms with E-state index in [1.807, 2.05) is 0 Å². The number of halogens is 1. The normalized spacial score (nSPS) is 9.81. The smallest absolute Gasteiger partial charge is 0.144 e. The maximum absolute atomic E-state index is 13.2. The highest BCUT2D eigenvalue weighted by Gasteiger charge is 2.02.